The van der Waals surface area contributed by atoms with E-state index in [2.05, 4.69) is 15.6 Å². The van der Waals surface area contributed by atoms with E-state index in [1.54, 1.807) is 14.2 Å². The van der Waals surface area contributed by atoms with E-state index < -0.39 is 0 Å². The Bertz CT molecular complexity index is 567. The van der Waals surface area contributed by atoms with Gasteiger partial charge in [0.1, 0.15) is 11.9 Å². The molecule has 5 nitrogen and oxygen atoms in total. The van der Waals surface area contributed by atoms with Gasteiger partial charge in [0, 0.05) is 32.3 Å². The number of ether oxygens (including phenoxy) is 2. The van der Waals surface area contributed by atoms with Crippen molar-refractivity contribution in [3.05, 3.63) is 29.3 Å². The Kier molecular flexibility index (Phi) is 10.6. The zero-order valence-corrected chi connectivity index (χ0v) is 19.0. The van der Waals surface area contributed by atoms with E-state index >= 15 is 0 Å². The third-order valence-electron chi connectivity index (χ3n) is 4.80. The molecule has 0 radical (unpaired) electrons. The lowest BCUT2D eigenvalue weighted by molar-refractivity contribution is 0.0732. The third-order valence-corrected chi connectivity index (χ3v) is 5.03. The summed E-state index contributed by atoms with van der Waals surface area (Å²) in [7, 11) is 3.56. The van der Waals surface area contributed by atoms with Crippen molar-refractivity contribution in [3.8, 4) is 5.75 Å². The molecule has 1 aliphatic carbocycles. The number of nitrogens with zero attached hydrogens (tertiary/aromatic N) is 1. The molecule has 148 valence electrons. The molecule has 2 rings (SSSR count). The van der Waals surface area contributed by atoms with Gasteiger partial charge in [0.05, 0.1) is 6.54 Å². The number of guanidine groups is 1. The average Bonchev–Trinajstić information content (AvgIpc) is 2.56. The second-order valence-electron chi connectivity index (χ2n) is 6.79. The van der Waals surface area contributed by atoms with Gasteiger partial charge < -0.3 is 20.1 Å². The number of rotatable bonds is 9. The molecule has 0 aliphatic heterocycles. The highest BCUT2D eigenvalue weighted by molar-refractivity contribution is 14.0. The van der Waals surface area contributed by atoms with Gasteiger partial charge in [0.25, 0.3) is 0 Å². The number of hydrogen-bond acceptors (Lipinski definition) is 3. The molecule has 0 bridgehead atoms. The molecule has 1 fully saturated rings. The summed E-state index contributed by atoms with van der Waals surface area (Å²) in [5.41, 5.74) is 0.358. The highest BCUT2D eigenvalue weighted by atomic mass is 127. The summed E-state index contributed by atoms with van der Waals surface area (Å²) in [6.07, 6.45) is 4.93. The first-order valence-electron chi connectivity index (χ1n) is 8.92. The van der Waals surface area contributed by atoms with Gasteiger partial charge in [0.15, 0.2) is 5.96 Å². The summed E-state index contributed by atoms with van der Waals surface area (Å²) in [6.45, 7) is 4.43. The van der Waals surface area contributed by atoms with Gasteiger partial charge in [-0.05, 0) is 49.8 Å². The summed E-state index contributed by atoms with van der Waals surface area (Å²) in [6, 6.07) is 7.45. The molecule has 1 atom stereocenters. The molecule has 7 heteroatoms. The predicted octanol–water partition coefficient (Wildman–Crippen LogP) is 4.10. The molecule has 0 spiro atoms. The fourth-order valence-corrected chi connectivity index (χ4v) is 3.24. The van der Waals surface area contributed by atoms with E-state index in [0.717, 1.165) is 31.3 Å². The maximum atomic E-state index is 5.98. The van der Waals surface area contributed by atoms with Crippen LogP contribution in [0.1, 0.15) is 32.6 Å². The summed E-state index contributed by atoms with van der Waals surface area (Å²) in [5.74, 6) is 1.59. The molecule has 0 saturated heterocycles. The monoisotopic (exact) mass is 495 g/mol. The SMILES string of the molecule is CN=C(NCC(C)Oc1cccc(Cl)c1)NCC1(CCOC)CCC1.I. The van der Waals surface area contributed by atoms with Gasteiger partial charge in [-0.15, -0.1) is 24.0 Å². The maximum Gasteiger partial charge on any atom is 0.191 e. The van der Waals surface area contributed by atoms with Crippen LogP contribution in [0, 0.1) is 5.41 Å². The quantitative estimate of drug-likeness (QED) is 0.308. The van der Waals surface area contributed by atoms with Crippen LogP contribution in [0.4, 0.5) is 0 Å². The zero-order valence-electron chi connectivity index (χ0n) is 15.9. The fourth-order valence-electron chi connectivity index (χ4n) is 3.06. The van der Waals surface area contributed by atoms with Crippen molar-refractivity contribution in [1.29, 1.82) is 0 Å². The van der Waals surface area contributed by atoms with Crippen molar-refractivity contribution in [3.63, 3.8) is 0 Å². The lowest BCUT2D eigenvalue weighted by Crippen LogP contribution is -2.48. The van der Waals surface area contributed by atoms with Crippen LogP contribution >= 0.6 is 35.6 Å². The number of aliphatic imine (C=N–C) groups is 1. The number of methoxy groups -OCH3 is 1. The lowest BCUT2D eigenvalue weighted by Gasteiger charge is -2.42. The van der Waals surface area contributed by atoms with Gasteiger partial charge in [-0.2, -0.15) is 0 Å². The largest absolute Gasteiger partial charge is 0.489 e. The highest BCUT2D eigenvalue weighted by Crippen LogP contribution is 2.43. The standard InChI is InChI=1S/C19H30ClN3O2.HI/c1-15(25-17-7-4-6-16(20)12-17)13-22-18(21-2)23-14-19(8-5-9-19)10-11-24-3;/h4,6-7,12,15H,5,8-11,13-14H2,1-3H3,(H2,21,22,23);1H. The first kappa shape index (κ1) is 23.3. The molecule has 1 unspecified atom stereocenters. The average molecular weight is 496 g/mol. The first-order valence-corrected chi connectivity index (χ1v) is 9.30. The fraction of sp³-hybridized carbons (Fsp3) is 0.632. The summed E-state index contributed by atoms with van der Waals surface area (Å²) >= 11 is 5.98. The molecule has 2 N–H and O–H groups in total. The second-order valence-corrected chi connectivity index (χ2v) is 7.23. The molecule has 26 heavy (non-hydrogen) atoms. The van der Waals surface area contributed by atoms with Gasteiger partial charge in [-0.25, -0.2) is 0 Å². The van der Waals surface area contributed by atoms with E-state index in [4.69, 9.17) is 21.1 Å². The topological polar surface area (TPSA) is 54.9 Å². The van der Waals surface area contributed by atoms with Crippen LogP contribution < -0.4 is 15.4 Å². The second kappa shape index (κ2) is 11.9. The van der Waals surface area contributed by atoms with Crippen LogP contribution in [0.5, 0.6) is 5.75 Å². The van der Waals surface area contributed by atoms with E-state index in [-0.39, 0.29) is 30.1 Å². The Morgan fingerprint density at radius 2 is 2.12 bits per heavy atom. The maximum absolute atomic E-state index is 5.98. The minimum atomic E-state index is 0. The molecule has 0 amide bonds. The van der Waals surface area contributed by atoms with Gasteiger partial charge >= 0.3 is 0 Å². The van der Waals surface area contributed by atoms with Gasteiger partial charge in [0.2, 0.25) is 0 Å². The van der Waals surface area contributed by atoms with Crippen molar-refractivity contribution >= 4 is 41.5 Å². The molecule has 1 saturated carbocycles. The lowest BCUT2D eigenvalue weighted by atomic mass is 9.67. The normalized spacial score (nSPS) is 16.8. The molecule has 0 aromatic heterocycles. The van der Waals surface area contributed by atoms with E-state index in [1.165, 1.54) is 19.3 Å². The van der Waals surface area contributed by atoms with Crippen LogP contribution in [0.3, 0.4) is 0 Å². The van der Waals surface area contributed by atoms with Gasteiger partial charge in [-0.1, -0.05) is 24.1 Å². The van der Waals surface area contributed by atoms with Crippen LogP contribution in [0.25, 0.3) is 0 Å². The summed E-state index contributed by atoms with van der Waals surface area (Å²) < 4.78 is 11.1. The van der Waals surface area contributed by atoms with Crippen molar-refractivity contribution < 1.29 is 9.47 Å². The Balaban J connectivity index is 0.00000338. The summed E-state index contributed by atoms with van der Waals surface area (Å²) in [4.78, 5) is 4.31. The molecule has 1 aromatic carbocycles. The van der Waals surface area contributed by atoms with Crippen molar-refractivity contribution in [1.82, 2.24) is 10.6 Å². The third kappa shape index (κ3) is 7.48. The van der Waals surface area contributed by atoms with Gasteiger partial charge in [-0.3, -0.25) is 4.99 Å². The van der Waals surface area contributed by atoms with E-state index in [1.807, 2.05) is 31.2 Å². The Morgan fingerprint density at radius 3 is 2.69 bits per heavy atom. The highest BCUT2D eigenvalue weighted by Gasteiger charge is 2.36. The number of halogens is 2. The predicted molar refractivity (Wildman–Crippen MR) is 119 cm³/mol. The van der Waals surface area contributed by atoms with Crippen LogP contribution in [0.15, 0.2) is 29.3 Å². The molecule has 1 aliphatic rings. The molecular formula is C19H31ClIN3O2. The number of nitrogens with one attached hydrogen (secondary N) is 2. The molecular weight excluding hydrogens is 465 g/mol. The van der Waals surface area contributed by atoms with Crippen LogP contribution in [0.2, 0.25) is 5.02 Å². The van der Waals surface area contributed by atoms with Crippen molar-refractivity contribution in [2.24, 2.45) is 10.4 Å². The molecule has 0 heterocycles. The summed E-state index contributed by atoms with van der Waals surface area (Å²) in [5, 5.41) is 7.46. The number of hydrogen-bond donors (Lipinski definition) is 2. The molecule has 1 aromatic rings. The number of benzene rings is 1. The van der Waals surface area contributed by atoms with E-state index in [9.17, 15) is 0 Å². The van der Waals surface area contributed by atoms with Crippen LogP contribution in [-0.2, 0) is 4.74 Å². The van der Waals surface area contributed by atoms with Crippen LogP contribution in [-0.4, -0.2) is 45.9 Å². The Labute approximate surface area is 179 Å². The minimum absolute atomic E-state index is 0. The minimum Gasteiger partial charge on any atom is -0.489 e. The van der Waals surface area contributed by atoms with Crippen molar-refractivity contribution in [2.45, 2.75) is 38.7 Å². The Morgan fingerprint density at radius 1 is 1.35 bits per heavy atom. The zero-order chi connectivity index (χ0) is 18.1. The smallest absolute Gasteiger partial charge is 0.191 e. The Hall–Kier alpha value is -0.730. The van der Waals surface area contributed by atoms with E-state index in [0.29, 0.717) is 17.0 Å². The first-order chi connectivity index (χ1) is 12.1. The van der Waals surface area contributed by atoms with Crippen molar-refractivity contribution in [2.75, 3.05) is 33.9 Å².